The third-order valence-electron chi connectivity index (χ3n) is 5.06. The number of nitrogens with zero attached hydrogens (tertiary/aromatic N) is 4. The minimum Gasteiger partial charge on any atom is -0.493 e. The van der Waals surface area contributed by atoms with Crippen LogP contribution in [0.4, 0.5) is 15.0 Å². The number of aromatic nitrogens is 4. The van der Waals surface area contributed by atoms with Crippen molar-refractivity contribution >= 4 is 34.5 Å². The summed E-state index contributed by atoms with van der Waals surface area (Å²) in [6.45, 7) is 5.71. The molecule has 1 saturated heterocycles. The van der Waals surface area contributed by atoms with E-state index in [-0.39, 0.29) is 29.5 Å². The average Bonchev–Trinajstić information content (AvgIpc) is 3.28. The van der Waals surface area contributed by atoms with Crippen molar-refractivity contribution in [3.63, 3.8) is 0 Å². The fourth-order valence-electron chi connectivity index (χ4n) is 3.69. The molecule has 0 bridgehead atoms. The van der Waals surface area contributed by atoms with E-state index in [1.54, 1.807) is 11.6 Å². The van der Waals surface area contributed by atoms with Gasteiger partial charge < -0.3 is 20.5 Å². The number of benzene rings is 1. The molecule has 1 fully saturated rings. The highest BCUT2D eigenvalue weighted by Crippen LogP contribution is 2.41. The van der Waals surface area contributed by atoms with E-state index in [2.05, 4.69) is 20.4 Å². The monoisotopic (exact) mass is 434 g/mol. The lowest BCUT2D eigenvalue weighted by Crippen LogP contribution is -2.22. The Hall–Kier alpha value is -3.14. The summed E-state index contributed by atoms with van der Waals surface area (Å²) in [6, 6.07) is 0.339. The summed E-state index contributed by atoms with van der Waals surface area (Å²) in [4.78, 5) is 19.9. The van der Waals surface area contributed by atoms with Crippen LogP contribution in [0.1, 0.15) is 42.8 Å². The van der Waals surface area contributed by atoms with Gasteiger partial charge in [-0.1, -0.05) is 11.6 Å². The molecule has 3 N–H and O–H groups in total. The van der Waals surface area contributed by atoms with Crippen molar-refractivity contribution in [3.8, 4) is 5.75 Å². The molecular weight excluding hydrogens is 415 g/mol. The van der Waals surface area contributed by atoms with Gasteiger partial charge in [0.15, 0.2) is 11.5 Å². The quantitative estimate of drug-likeness (QED) is 0.632. The molecule has 2 aromatic heterocycles. The number of anilines is 1. The van der Waals surface area contributed by atoms with Crippen molar-refractivity contribution in [1.29, 1.82) is 0 Å². The van der Waals surface area contributed by atoms with E-state index >= 15 is 4.39 Å². The van der Waals surface area contributed by atoms with E-state index in [4.69, 9.17) is 26.8 Å². The summed E-state index contributed by atoms with van der Waals surface area (Å²) in [5.41, 5.74) is 7.92. The van der Waals surface area contributed by atoms with Gasteiger partial charge >= 0.3 is 6.09 Å². The lowest BCUT2D eigenvalue weighted by Gasteiger charge is -2.23. The minimum atomic E-state index is -0.724. The van der Waals surface area contributed by atoms with Gasteiger partial charge in [0.2, 0.25) is 0 Å². The van der Waals surface area contributed by atoms with E-state index in [9.17, 15) is 4.79 Å². The lowest BCUT2D eigenvalue weighted by atomic mass is 9.98. The molecule has 1 aromatic carbocycles. The average molecular weight is 435 g/mol. The first-order valence-electron chi connectivity index (χ1n) is 9.36. The summed E-state index contributed by atoms with van der Waals surface area (Å²) in [7, 11) is 0. The number of nitrogens with one attached hydrogen (secondary N) is 1. The molecule has 11 heteroatoms. The molecule has 0 radical (unpaired) electrons. The van der Waals surface area contributed by atoms with Crippen LogP contribution in [0, 0.1) is 12.7 Å². The van der Waals surface area contributed by atoms with Gasteiger partial charge in [-0.05, 0) is 26.8 Å². The van der Waals surface area contributed by atoms with Crippen LogP contribution in [-0.4, -0.2) is 39.1 Å². The van der Waals surface area contributed by atoms with Crippen LogP contribution in [-0.2, 0) is 4.74 Å². The molecule has 0 saturated carbocycles. The molecule has 30 heavy (non-hydrogen) atoms. The van der Waals surface area contributed by atoms with Crippen LogP contribution in [0.15, 0.2) is 12.4 Å². The van der Waals surface area contributed by atoms with Crippen molar-refractivity contribution in [3.05, 3.63) is 40.1 Å². The predicted molar refractivity (Wildman–Crippen MR) is 108 cm³/mol. The largest absolute Gasteiger partial charge is 0.493 e. The fourth-order valence-corrected chi connectivity index (χ4v) is 3.91. The number of fused-ring (bicyclic) bond motifs is 1. The van der Waals surface area contributed by atoms with E-state index in [0.29, 0.717) is 28.1 Å². The van der Waals surface area contributed by atoms with Gasteiger partial charge in [-0.2, -0.15) is 5.10 Å². The zero-order chi connectivity index (χ0) is 21.6. The number of nitrogen functional groups attached to an aromatic ring is 1. The number of amides is 1. The molecular formula is C19H20ClFN6O3. The number of nitrogens with two attached hydrogens (primary N) is 1. The second-order valence-corrected chi connectivity index (χ2v) is 7.30. The molecule has 3 heterocycles. The maximum Gasteiger partial charge on any atom is 0.407 e. The molecule has 158 valence electrons. The molecule has 4 rings (SSSR count). The number of cyclic esters (lactones) is 1. The highest BCUT2D eigenvalue weighted by atomic mass is 35.5. The SMILES string of the molecule is CCOc1c(C(C)n2nc(C)c3c(N)ncnc32)cc(Cl)c(F)c1[C@@H]1COC(=O)N1. The Morgan fingerprint density at radius 1 is 1.50 bits per heavy atom. The van der Waals surface area contributed by atoms with Crippen molar-refractivity contribution < 1.29 is 18.7 Å². The Morgan fingerprint density at radius 3 is 2.93 bits per heavy atom. The predicted octanol–water partition coefficient (Wildman–Crippen LogP) is 3.30. The van der Waals surface area contributed by atoms with Gasteiger partial charge in [-0.15, -0.1) is 0 Å². The number of hydrogen-bond acceptors (Lipinski definition) is 7. The van der Waals surface area contributed by atoms with Crippen LogP contribution < -0.4 is 15.8 Å². The molecule has 9 nitrogen and oxygen atoms in total. The summed E-state index contributed by atoms with van der Waals surface area (Å²) in [5, 5.41) is 7.70. The zero-order valence-electron chi connectivity index (χ0n) is 16.6. The van der Waals surface area contributed by atoms with Gasteiger partial charge in [0.25, 0.3) is 0 Å². The topological polar surface area (TPSA) is 117 Å². The maximum absolute atomic E-state index is 15.0. The number of alkyl carbamates (subject to hydrolysis) is 1. The third-order valence-corrected chi connectivity index (χ3v) is 5.33. The number of carbonyl (C=O) groups excluding carboxylic acids is 1. The van der Waals surface area contributed by atoms with Crippen LogP contribution in [0.2, 0.25) is 5.02 Å². The standard InChI is InChI=1S/C19H20ClFN6O3/c1-4-29-16-10(5-11(20)15(21)14(16)12-6-30-19(28)25-12)9(3)27-18-13(8(2)26-27)17(22)23-7-24-18/h5,7,9,12H,4,6H2,1-3H3,(H,25,28)(H2,22,23,24)/t9?,12-/m0/s1. The molecule has 1 aliphatic heterocycles. The molecule has 0 spiro atoms. The summed E-state index contributed by atoms with van der Waals surface area (Å²) < 4.78 is 27.5. The smallest absolute Gasteiger partial charge is 0.407 e. The first-order valence-corrected chi connectivity index (χ1v) is 9.74. The Bertz CT molecular complexity index is 1150. The molecule has 0 aliphatic carbocycles. The number of aryl methyl sites for hydroxylation is 1. The van der Waals surface area contributed by atoms with Gasteiger partial charge in [0, 0.05) is 5.56 Å². The summed E-state index contributed by atoms with van der Waals surface area (Å²) >= 11 is 6.23. The fraction of sp³-hybridized carbons (Fsp3) is 0.368. The van der Waals surface area contributed by atoms with E-state index in [0.717, 1.165) is 0 Å². The van der Waals surface area contributed by atoms with Crippen molar-refractivity contribution in [2.75, 3.05) is 18.9 Å². The van der Waals surface area contributed by atoms with Crippen molar-refractivity contribution in [2.24, 2.45) is 0 Å². The second kappa shape index (κ2) is 7.60. The Labute approximate surface area is 176 Å². The normalized spacial score (nSPS) is 17.1. The van der Waals surface area contributed by atoms with E-state index in [1.165, 1.54) is 12.4 Å². The van der Waals surface area contributed by atoms with Crippen LogP contribution in [0.5, 0.6) is 5.75 Å². The Morgan fingerprint density at radius 2 is 2.27 bits per heavy atom. The van der Waals surface area contributed by atoms with Crippen LogP contribution >= 0.6 is 11.6 Å². The van der Waals surface area contributed by atoms with Gasteiger partial charge in [-0.3, -0.25) is 0 Å². The van der Waals surface area contributed by atoms with Gasteiger partial charge in [-0.25, -0.2) is 23.8 Å². The van der Waals surface area contributed by atoms with Crippen molar-refractivity contribution in [2.45, 2.75) is 32.9 Å². The first kappa shape index (κ1) is 20.1. The number of hydrogen-bond donors (Lipinski definition) is 2. The zero-order valence-corrected chi connectivity index (χ0v) is 17.3. The molecule has 1 aliphatic rings. The molecule has 3 aromatic rings. The number of ether oxygens (including phenoxy) is 2. The first-order chi connectivity index (χ1) is 14.3. The van der Waals surface area contributed by atoms with Crippen LogP contribution in [0.25, 0.3) is 11.0 Å². The third kappa shape index (κ3) is 3.17. The highest BCUT2D eigenvalue weighted by Gasteiger charge is 2.34. The van der Waals surface area contributed by atoms with Crippen LogP contribution in [0.3, 0.4) is 0 Å². The Kier molecular flexibility index (Phi) is 5.10. The molecule has 1 amide bonds. The molecule has 2 atom stereocenters. The van der Waals surface area contributed by atoms with Gasteiger partial charge in [0.1, 0.15) is 24.5 Å². The number of carbonyl (C=O) groups is 1. The summed E-state index contributed by atoms with van der Waals surface area (Å²) in [6.07, 6.45) is 0.734. The van der Waals surface area contributed by atoms with Gasteiger partial charge in [0.05, 0.1) is 40.4 Å². The lowest BCUT2D eigenvalue weighted by molar-refractivity contribution is 0.176. The molecule has 1 unspecified atom stereocenters. The van der Waals surface area contributed by atoms with E-state index in [1.807, 2.05) is 13.8 Å². The second-order valence-electron chi connectivity index (χ2n) is 6.90. The van der Waals surface area contributed by atoms with E-state index < -0.39 is 24.0 Å². The minimum absolute atomic E-state index is 0.0302. The Balaban J connectivity index is 1.91. The van der Waals surface area contributed by atoms with Crippen molar-refractivity contribution in [1.82, 2.24) is 25.1 Å². The number of rotatable bonds is 5. The summed E-state index contributed by atoms with van der Waals surface area (Å²) in [5.74, 6) is -0.0596. The highest BCUT2D eigenvalue weighted by molar-refractivity contribution is 6.31. The maximum atomic E-state index is 15.0. The number of halogens is 2.